The fourth-order valence-electron chi connectivity index (χ4n) is 0.657. The van der Waals surface area contributed by atoms with Crippen LogP contribution in [0.1, 0.15) is 0 Å². The first-order chi connectivity index (χ1) is 3.93. The van der Waals surface area contributed by atoms with E-state index in [0.29, 0.717) is 6.61 Å². The van der Waals surface area contributed by atoms with Crippen molar-refractivity contribution in [1.82, 2.24) is 0 Å². The summed E-state index contributed by atoms with van der Waals surface area (Å²) in [6.07, 6.45) is 5.75. The van der Waals surface area contributed by atoms with Crippen LogP contribution in [0.3, 0.4) is 0 Å². The molecule has 0 amide bonds. The van der Waals surface area contributed by atoms with E-state index in [1.165, 1.54) is 0 Å². The third-order valence-corrected chi connectivity index (χ3v) is 1.03. The van der Waals surface area contributed by atoms with Crippen molar-refractivity contribution in [3.63, 3.8) is 0 Å². The summed E-state index contributed by atoms with van der Waals surface area (Å²) in [5.41, 5.74) is 0. The van der Waals surface area contributed by atoms with Crippen molar-refractivity contribution in [2.24, 2.45) is 4.99 Å². The summed E-state index contributed by atoms with van der Waals surface area (Å²) in [6.45, 7) is 0.701. The molecular formula is C6H9NO. The lowest BCUT2D eigenvalue weighted by Crippen LogP contribution is -2.05. The summed E-state index contributed by atoms with van der Waals surface area (Å²) in [6, 6.07) is 0.278. The molecule has 1 unspecified atom stereocenters. The summed E-state index contributed by atoms with van der Waals surface area (Å²) in [4.78, 5) is 4.06. The van der Waals surface area contributed by atoms with Crippen molar-refractivity contribution in [2.45, 2.75) is 6.04 Å². The summed E-state index contributed by atoms with van der Waals surface area (Å²) in [5, 5.41) is 0. The minimum atomic E-state index is 0.278. The van der Waals surface area contributed by atoms with Gasteiger partial charge in [0.25, 0.3) is 0 Å². The maximum atomic E-state index is 4.86. The van der Waals surface area contributed by atoms with Crippen molar-refractivity contribution in [2.75, 3.05) is 13.7 Å². The van der Waals surface area contributed by atoms with Gasteiger partial charge in [-0.15, -0.1) is 0 Å². The summed E-state index contributed by atoms with van der Waals surface area (Å²) in [7, 11) is 1.68. The number of hydrogen-bond acceptors (Lipinski definition) is 2. The van der Waals surface area contributed by atoms with Crippen LogP contribution < -0.4 is 0 Å². The number of aliphatic imine (C=N–C) groups is 1. The van der Waals surface area contributed by atoms with Crippen molar-refractivity contribution in [3.8, 4) is 0 Å². The average molecular weight is 111 g/mol. The molecule has 0 saturated carbocycles. The largest absolute Gasteiger partial charge is 0.382 e. The first-order valence-electron chi connectivity index (χ1n) is 2.62. The molecule has 0 saturated heterocycles. The van der Waals surface area contributed by atoms with Crippen LogP contribution in [0.4, 0.5) is 0 Å². The second-order valence-electron chi connectivity index (χ2n) is 1.71. The van der Waals surface area contributed by atoms with Gasteiger partial charge in [-0.25, -0.2) is 0 Å². The van der Waals surface area contributed by atoms with Crippen LogP contribution in [0.5, 0.6) is 0 Å². The molecule has 0 bridgehead atoms. The van der Waals surface area contributed by atoms with Crippen molar-refractivity contribution in [1.29, 1.82) is 0 Å². The number of ether oxygens (including phenoxy) is 1. The Morgan fingerprint density at radius 2 is 2.62 bits per heavy atom. The summed E-state index contributed by atoms with van der Waals surface area (Å²) in [5.74, 6) is 0. The molecule has 2 nitrogen and oxygen atoms in total. The molecule has 0 aromatic rings. The molecule has 44 valence electrons. The zero-order valence-corrected chi connectivity index (χ0v) is 4.87. The number of methoxy groups -OCH3 is 1. The second-order valence-corrected chi connectivity index (χ2v) is 1.71. The van der Waals surface area contributed by atoms with Crippen LogP contribution in [0.15, 0.2) is 17.1 Å². The molecule has 1 aliphatic rings. The monoisotopic (exact) mass is 111 g/mol. The third kappa shape index (κ3) is 1.17. The zero-order valence-electron chi connectivity index (χ0n) is 4.87. The Morgan fingerprint density at radius 3 is 3.12 bits per heavy atom. The highest BCUT2D eigenvalue weighted by atomic mass is 16.5. The molecule has 0 radical (unpaired) electrons. The lowest BCUT2D eigenvalue weighted by Gasteiger charge is -1.99. The number of nitrogens with zero attached hydrogens (tertiary/aromatic N) is 1. The average Bonchev–Trinajstić information content (AvgIpc) is 2.19. The fraction of sp³-hybridized carbons (Fsp3) is 0.500. The van der Waals surface area contributed by atoms with E-state index >= 15 is 0 Å². The van der Waals surface area contributed by atoms with Gasteiger partial charge in [0.05, 0.1) is 12.6 Å². The van der Waals surface area contributed by atoms with Gasteiger partial charge in [-0.05, 0) is 6.08 Å². The molecule has 0 aromatic heterocycles. The minimum Gasteiger partial charge on any atom is -0.382 e. The van der Waals surface area contributed by atoms with Gasteiger partial charge < -0.3 is 4.74 Å². The van der Waals surface area contributed by atoms with E-state index in [0.717, 1.165) is 0 Å². The Bertz CT molecular complexity index is 106. The maximum Gasteiger partial charge on any atom is 0.0916 e. The van der Waals surface area contributed by atoms with Crippen LogP contribution in [0, 0.1) is 0 Å². The molecule has 8 heavy (non-hydrogen) atoms. The molecule has 0 spiro atoms. The van der Waals surface area contributed by atoms with E-state index < -0.39 is 0 Å². The SMILES string of the molecule is COCC1C=CC=N1. The fourth-order valence-corrected chi connectivity index (χ4v) is 0.657. The maximum absolute atomic E-state index is 4.86. The molecular weight excluding hydrogens is 102 g/mol. The Morgan fingerprint density at radius 1 is 1.75 bits per heavy atom. The van der Waals surface area contributed by atoms with Crippen LogP contribution >= 0.6 is 0 Å². The van der Waals surface area contributed by atoms with Crippen LogP contribution in [0.2, 0.25) is 0 Å². The highest BCUT2D eigenvalue weighted by Crippen LogP contribution is 1.97. The van der Waals surface area contributed by atoms with Crippen molar-refractivity contribution < 1.29 is 4.74 Å². The van der Waals surface area contributed by atoms with Crippen LogP contribution in [-0.4, -0.2) is 26.0 Å². The smallest absolute Gasteiger partial charge is 0.0916 e. The molecule has 1 atom stereocenters. The Kier molecular flexibility index (Phi) is 1.80. The van der Waals surface area contributed by atoms with E-state index in [1.54, 1.807) is 13.3 Å². The third-order valence-electron chi connectivity index (χ3n) is 1.03. The molecule has 1 aliphatic heterocycles. The lowest BCUT2D eigenvalue weighted by molar-refractivity contribution is 0.193. The lowest BCUT2D eigenvalue weighted by atomic mass is 10.3. The van der Waals surface area contributed by atoms with Gasteiger partial charge in [-0.3, -0.25) is 4.99 Å². The minimum absolute atomic E-state index is 0.278. The normalized spacial score (nSPS) is 24.9. The molecule has 0 N–H and O–H groups in total. The number of allylic oxidation sites excluding steroid dienone is 1. The summed E-state index contributed by atoms with van der Waals surface area (Å²) < 4.78 is 4.86. The van der Waals surface area contributed by atoms with Crippen LogP contribution in [0.25, 0.3) is 0 Å². The van der Waals surface area contributed by atoms with E-state index in [2.05, 4.69) is 4.99 Å². The number of hydrogen-bond donors (Lipinski definition) is 0. The first-order valence-corrected chi connectivity index (χ1v) is 2.62. The zero-order chi connectivity index (χ0) is 5.82. The van der Waals surface area contributed by atoms with Gasteiger partial charge in [0.1, 0.15) is 0 Å². The van der Waals surface area contributed by atoms with Gasteiger partial charge in [-0.2, -0.15) is 0 Å². The first kappa shape index (κ1) is 5.51. The second kappa shape index (κ2) is 2.62. The quantitative estimate of drug-likeness (QED) is 0.512. The van der Waals surface area contributed by atoms with E-state index in [4.69, 9.17) is 4.74 Å². The highest BCUT2D eigenvalue weighted by Gasteiger charge is 2.01. The molecule has 1 rings (SSSR count). The van der Waals surface area contributed by atoms with E-state index in [9.17, 15) is 0 Å². The van der Waals surface area contributed by atoms with Gasteiger partial charge in [-0.1, -0.05) is 6.08 Å². The molecule has 0 aliphatic carbocycles. The highest BCUT2D eigenvalue weighted by molar-refractivity contribution is 5.74. The van der Waals surface area contributed by atoms with E-state index in [-0.39, 0.29) is 6.04 Å². The van der Waals surface area contributed by atoms with Crippen molar-refractivity contribution in [3.05, 3.63) is 12.2 Å². The predicted octanol–water partition coefficient (Wildman–Crippen LogP) is 0.642. The molecule has 0 aromatic carbocycles. The molecule has 2 heteroatoms. The van der Waals surface area contributed by atoms with Gasteiger partial charge in [0, 0.05) is 13.3 Å². The Balaban J connectivity index is 2.27. The van der Waals surface area contributed by atoms with Crippen LogP contribution in [-0.2, 0) is 4.74 Å². The Hall–Kier alpha value is -0.630. The summed E-state index contributed by atoms with van der Waals surface area (Å²) >= 11 is 0. The molecule has 1 heterocycles. The van der Waals surface area contributed by atoms with Gasteiger partial charge in [0.2, 0.25) is 0 Å². The van der Waals surface area contributed by atoms with Crippen molar-refractivity contribution >= 4 is 6.21 Å². The van der Waals surface area contributed by atoms with Gasteiger partial charge in [0.15, 0.2) is 0 Å². The molecule has 0 fully saturated rings. The predicted molar refractivity (Wildman–Crippen MR) is 33.3 cm³/mol. The van der Waals surface area contributed by atoms with Gasteiger partial charge >= 0.3 is 0 Å². The topological polar surface area (TPSA) is 21.6 Å². The number of rotatable bonds is 2. The van der Waals surface area contributed by atoms with E-state index in [1.807, 2.05) is 12.2 Å². The Labute approximate surface area is 48.9 Å². The standard InChI is InChI=1S/C6H9NO/c1-8-5-6-3-2-4-7-6/h2-4,6H,5H2,1H3.